The van der Waals surface area contributed by atoms with Crippen LogP contribution in [-0.2, 0) is 9.53 Å². The average molecular weight is 238 g/mol. The molecule has 96 valence electrons. The van der Waals surface area contributed by atoms with Gasteiger partial charge in [0.2, 0.25) is 0 Å². The zero-order chi connectivity index (χ0) is 12.1. The van der Waals surface area contributed by atoms with Crippen LogP contribution in [0.3, 0.4) is 0 Å². The monoisotopic (exact) mass is 238 g/mol. The molecule has 2 aliphatic rings. The fraction of sp³-hybridized carbons (Fsp3) is 0.769. The van der Waals surface area contributed by atoms with Gasteiger partial charge in [-0.15, -0.1) is 6.58 Å². The second-order valence-electron chi connectivity index (χ2n) is 4.77. The van der Waals surface area contributed by atoms with Crippen LogP contribution in [0.5, 0.6) is 0 Å². The molecule has 0 aromatic carbocycles. The van der Waals surface area contributed by atoms with Crippen LogP contribution in [0, 0.1) is 0 Å². The van der Waals surface area contributed by atoms with Crippen molar-refractivity contribution in [1.82, 2.24) is 9.80 Å². The molecule has 1 amide bonds. The van der Waals surface area contributed by atoms with Gasteiger partial charge in [0, 0.05) is 39.3 Å². The average Bonchev–Trinajstić information content (AvgIpc) is 2.76. The Hall–Kier alpha value is -0.870. The highest BCUT2D eigenvalue weighted by Crippen LogP contribution is 2.16. The van der Waals surface area contributed by atoms with Crippen LogP contribution in [0.1, 0.15) is 19.3 Å². The molecule has 2 rings (SSSR count). The van der Waals surface area contributed by atoms with E-state index in [-0.39, 0.29) is 12.0 Å². The molecule has 2 saturated heterocycles. The summed E-state index contributed by atoms with van der Waals surface area (Å²) in [5.41, 5.74) is 0. The Balaban J connectivity index is 1.84. The normalized spacial score (nSPS) is 26.8. The number of carbonyl (C=O) groups is 1. The molecule has 2 aliphatic heterocycles. The van der Waals surface area contributed by atoms with E-state index in [1.807, 2.05) is 11.0 Å². The number of hydrogen-bond acceptors (Lipinski definition) is 3. The van der Waals surface area contributed by atoms with Crippen LogP contribution < -0.4 is 0 Å². The third-order valence-electron chi connectivity index (χ3n) is 3.49. The molecule has 4 heteroatoms. The quantitative estimate of drug-likeness (QED) is 0.684. The predicted molar refractivity (Wildman–Crippen MR) is 66.8 cm³/mol. The summed E-state index contributed by atoms with van der Waals surface area (Å²) in [6.45, 7) is 9.12. The molecular weight excluding hydrogens is 216 g/mol. The number of hydrogen-bond donors (Lipinski definition) is 0. The van der Waals surface area contributed by atoms with E-state index < -0.39 is 0 Å². The Bertz CT molecular complexity index is 275. The molecular formula is C13H22N2O2. The van der Waals surface area contributed by atoms with Crippen molar-refractivity contribution in [3.8, 4) is 0 Å². The van der Waals surface area contributed by atoms with Gasteiger partial charge in [0.05, 0.1) is 0 Å². The highest BCUT2D eigenvalue weighted by Gasteiger charge is 2.29. The third-order valence-corrected chi connectivity index (χ3v) is 3.49. The number of amides is 1. The predicted octanol–water partition coefficient (Wildman–Crippen LogP) is 0.886. The van der Waals surface area contributed by atoms with Crippen molar-refractivity contribution < 1.29 is 9.53 Å². The second-order valence-corrected chi connectivity index (χ2v) is 4.77. The zero-order valence-electron chi connectivity index (χ0n) is 10.4. The number of carbonyl (C=O) groups excluding carboxylic acids is 1. The van der Waals surface area contributed by atoms with Crippen LogP contribution in [0.4, 0.5) is 0 Å². The topological polar surface area (TPSA) is 32.8 Å². The Morgan fingerprint density at radius 1 is 1.29 bits per heavy atom. The maximum Gasteiger partial charge on any atom is 0.251 e. The highest BCUT2D eigenvalue weighted by atomic mass is 16.5. The summed E-state index contributed by atoms with van der Waals surface area (Å²) >= 11 is 0. The summed E-state index contributed by atoms with van der Waals surface area (Å²) in [6.07, 6.45) is 4.73. The van der Waals surface area contributed by atoms with Gasteiger partial charge in [-0.1, -0.05) is 6.08 Å². The van der Waals surface area contributed by atoms with Crippen LogP contribution >= 0.6 is 0 Å². The van der Waals surface area contributed by atoms with Gasteiger partial charge < -0.3 is 9.64 Å². The number of nitrogens with zero attached hydrogens (tertiary/aromatic N) is 2. The maximum atomic E-state index is 12.2. The van der Waals surface area contributed by atoms with Gasteiger partial charge in [0.1, 0.15) is 6.10 Å². The van der Waals surface area contributed by atoms with Crippen LogP contribution in [-0.4, -0.2) is 61.1 Å². The molecule has 0 aromatic heterocycles. The Kier molecular flexibility index (Phi) is 4.57. The minimum absolute atomic E-state index is 0.166. The van der Waals surface area contributed by atoms with Crippen molar-refractivity contribution in [3.63, 3.8) is 0 Å². The van der Waals surface area contributed by atoms with Crippen molar-refractivity contribution in [2.24, 2.45) is 0 Å². The van der Waals surface area contributed by atoms with Crippen LogP contribution in [0.15, 0.2) is 12.7 Å². The first kappa shape index (κ1) is 12.6. The maximum absolute atomic E-state index is 12.2. The van der Waals surface area contributed by atoms with Gasteiger partial charge in [-0.3, -0.25) is 9.69 Å². The van der Waals surface area contributed by atoms with E-state index >= 15 is 0 Å². The lowest BCUT2D eigenvalue weighted by molar-refractivity contribution is -0.140. The van der Waals surface area contributed by atoms with Crippen LogP contribution in [0.25, 0.3) is 0 Å². The molecule has 1 atom stereocenters. The van der Waals surface area contributed by atoms with Crippen molar-refractivity contribution in [2.75, 3.05) is 39.3 Å². The Morgan fingerprint density at radius 2 is 2.18 bits per heavy atom. The summed E-state index contributed by atoms with van der Waals surface area (Å²) in [5, 5.41) is 0. The third kappa shape index (κ3) is 3.30. The van der Waals surface area contributed by atoms with E-state index in [2.05, 4.69) is 11.5 Å². The molecule has 0 aliphatic carbocycles. The van der Waals surface area contributed by atoms with Gasteiger partial charge >= 0.3 is 0 Å². The first-order chi connectivity index (χ1) is 8.31. The first-order valence-electron chi connectivity index (χ1n) is 6.55. The molecule has 4 nitrogen and oxygen atoms in total. The molecule has 0 radical (unpaired) electrons. The first-order valence-corrected chi connectivity index (χ1v) is 6.55. The Labute approximate surface area is 103 Å². The highest BCUT2D eigenvalue weighted by molar-refractivity contribution is 5.81. The van der Waals surface area contributed by atoms with E-state index in [1.165, 1.54) is 0 Å². The molecule has 1 unspecified atom stereocenters. The molecule has 0 bridgehead atoms. The number of rotatable bonds is 3. The molecule has 2 heterocycles. The Morgan fingerprint density at radius 3 is 2.88 bits per heavy atom. The smallest absolute Gasteiger partial charge is 0.251 e. The second kappa shape index (κ2) is 6.17. The number of ether oxygens (including phenoxy) is 1. The lowest BCUT2D eigenvalue weighted by Gasteiger charge is -2.23. The van der Waals surface area contributed by atoms with Gasteiger partial charge in [-0.05, 0) is 19.3 Å². The molecule has 0 aromatic rings. The molecule has 0 N–H and O–H groups in total. The largest absolute Gasteiger partial charge is 0.368 e. The molecule has 0 spiro atoms. The fourth-order valence-electron chi connectivity index (χ4n) is 2.53. The van der Waals surface area contributed by atoms with Gasteiger partial charge in [0.25, 0.3) is 5.91 Å². The van der Waals surface area contributed by atoms with Crippen molar-refractivity contribution >= 4 is 5.91 Å². The summed E-state index contributed by atoms with van der Waals surface area (Å²) in [4.78, 5) is 16.5. The SMILES string of the molecule is C=CCN1CCCN(C(=O)C2CCCO2)CC1. The summed E-state index contributed by atoms with van der Waals surface area (Å²) in [5.74, 6) is 0.197. The van der Waals surface area contributed by atoms with E-state index in [0.717, 1.165) is 58.6 Å². The van der Waals surface area contributed by atoms with E-state index in [9.17, 15) is 4.79 Å². The van der Waals surface area contributed by atoms with Crippen molar-refractivity contribution in [3.05, 3.63) is 12.7 Å². The lowest BCUT2D eigenvalue weighted by atomic mass is 10.2. The zero-order valence-corrected chi connectivity index (χ0v) is 10.4. The van der Waals surface area contributed by atoms with E-state index in [1.54, 1.807) is 0 Å². The van der Waals surface area contributed by atoms with Crippen molar-refractivity contribution in [2.45, 2.75) is 25.4 Å². The van der Waals surface area contributed by atoms with Crippen LogP contribution in [0.2, 0.25) is 0 Å². The van der Waals surface area contributed by atoms with E-state index in [4.69, 9.17) is 4.74 Å². The minimum Gasteiger partial charge on any atom is -0.368 e. The lowest BCUT2D eigenvalue weighted by Crippen LogP contribution is -2.41. The summed E-state index contributed by atoms with van der Waals surface area (Å²) < 4.78 is 5.46. The van der Waals surface area contributed by atoms with Gasteiger partial charge in [0.15, 0.2) is 0 Å². The molecule has 17 heavy (non-hydrogen) atoms. The molecule has 0 saturated carbocycles. The van der Waals surface area contributed by atoms with E-state index in [0.29, 0.717) is 0 Å². The standard InChI is InChI=1S/C13H22N2O2/c1-2-6-14-7-4-8-15(10-9-14)13(16)12-5-3-11-17-12/h2,12H,1,3-11H2. The van der Waals surface area contributed by atoms with Crippen molar-refractivity contribution in [1.29, 1.82) is 0 Å². The fourth-order valence-corrected chi connectivity index (χ4v) is 2.53. The van der Waals surface area contributed by atoms with Gasteiger partial charge in [-0.2, -0.15) is 0 Å². The molecule has 2 fully saturated rings. The summed E-state index contributed by atoms with van der Waals surface area (Å²) in [7, 11) is 0. The summed E-state index contributed by atoms with van der Waals surface area (Å²) in [6, 6.07) is 0. The van der Waals surface area contributed by atoms with Gasteiger partial charge in [-0.25, -0.2) is 0 Å². The minimum atomic E-state index is -0.166.